The summed E-state index contributed by atoms with van der Waals surface area (Å²) in [5.74, 6) is -0.529. The summed E-state index contributed by atoms with van der Waals surface area (Å²) in [6.45, 7) is -1.20. The standard InChI is InChI=1S/C14H15F3N2O/c15-14(16,17)9-19-12(20)10-5-1-2-6-11(10)18-13(19)7-3-4-8-13/h1-2,5-6,18H,3-4,7-9H2. The van der Waals surface area contributed by atoms with E-state index in [0.29, 0.717) is 24.1 Å². The lowest BCUT2D eigenvalue weighted by Gasteiger charge is -2.46. The van der Waals surface area contributed by atoms with Gasteiger partial charge in [-0.15, -0.1) is 0 Å². The number of carbonyl (C=O) groups excluding carboxylic acids is 1. The summed E-state index contributed by atoms with van der Waals surface area (Å²) in [7, 11) is 0. The maximum absolute atomic E-state index is 12.8. The molecule has 2 aliphatic rings. The molecule has 0 bridgehead atoms. The van der Waals surface area contributed by atoms with Crippen molar-refractivity contribution in [3.8, 4) is 0 Å². The Morgan fingerprint density at radius 2 is 1.85 bits per heavy atom. The number of rotatable bonds is 1. The fraction of sp³-hybridized carbons (Fsp3) is 0.500. The van der Waals surface area contributed by atoms with Crippen LogP contribution in [-0.4, -0.2) is 29.2 Å². The first kappa shape index (κ1) is 13.3. The lowest BCUT2D eigenvalue weighted by molar-refractivity contribution is -0.150. The molecule has 1 amide bonds. The van der Waals surface area contributed by atoms with Crippen molar-refractivity contribution in [3.63, 3.8) is 0 Å². The molecule has 1 saturated carbocycles. The Labute approximate surface area is 114 Å². The van der Waals surface area contributed by atoms with Crippen molar-refractivity contribution < 1.29 is 18.0 Å². The molecule has 1 N–H and O–H groups in total. The Balaban J connectivity index is 2.03. The smallest absolute Gasteiger partial charge is 0.362 e. The second kappa shape index (κ2) is 4.40. The molecule has 1 aliphatic carbocycles. The SMILES string of the molecule is O=C1c2ccccc2NC2(CCCC2)N1CC(F)(F)F. The van der Waals surface area contributed by atoms with Crippen LogP contribution < -0.4 is 5.32 Å². The topological polar surface area (TPSA) is 32.3 Å². The van der Waals surface area contributed by atoms with Gasteiger partial charge in [-0.25, -0.2) is 0 Å². The first-order valence-electron chi connectivity index (χ1n) is 6.67. The van der Waals surface area contributed by atoms with E-state index in [-0.39, 0.29) is 0 Å². The van der Waals surface area contributed by atoms with Gasteiger partial charge in [-0.1, -0.05) is 12.1 Å². The van der Waals surface area contributed by atoms with Crippen molar-refractivity contribution in [1.82, 2.24) is 4.90 Å². The van der Waals surface area contributed by atoms with Crippen LogP contribution in [0.1, 0.15) is 36.0 Å². The Morgan fingerprint density at radius 3 is 2.50 bits per heavy atom. The highest BCUT2D eigenvalue weighted by Crippen LogP contribution is 2.42. The molecule has 1 aromatic carbocycles. The monoisotopic (exact) mass is 284 g/mol. The summed E-state index contributed by atoms with van der Waals surface area (Å²) in [4.78, 5) is 13.4. The summed E-state index contributed by atoms with van der Waals surface area (Å²) in [6, 6.07) is 6.76. The summed E-state index contributed by atoms with van der Waals surface area (Å²) in [6.07, 6.45) is -1.61. The molecule has 0 aromatic heterocycles. The van der Waals surface area contributed by atoms with Crippen LogP contribution in [0, 0.1) is 0 Å². The first-order chi connectivity index (χ1) is 9.41. The van der Waals surface area contributed by atoms with Crippen molar-refractivity contribution in [1.29, 1.82) is 0 Å². The molecule has 108 valence electrons. The number of fused-ring (bicyclic) bond motifs is 1. The van der Waals surface area contributed by atoms with Gasteiger partial charge in [-0.2, -0.15) is 13.2 Å². The van der Waals surface area contributed by atoms with E-state index in [4.69, 9.17) is 0 Å². The van der Waals surface area contributed by atoms with E-state index in [2.05, 4.69) is 5.32 Å². The minimum atomic E-state index is -4.39. The van der Waals surface area contributed by atoms with Crippen LogP contribution in [0.15, 0.2) is 24.3 Å². The Bertz CT molecular complexity index is 535. The highest BCUT2D eigenvalue weighted by molar-refractivity contribution is 6.02. The third kappa shape index (κ3) is 2.13. The molecule has 0 unspecified atom stereocenters. The van der Waals surface area contributed by atoms with Gasteiger partial charge in [0.15, 0.2) is 0 Å². The molecule has 3 rings (SSSR count). The Hall–Kier alpha value is -1.72. The summed E-state index contributed by atoms with van der Waals surface area (Å²) in [5.41, 5.74) is 0.0770. The molecular weight excluding hydrogens is 269 g/mol. The summed E-state index contributed by atoms with van der Waals surface area (Å²) >= 11 is 0. The van der Waals surface area contributed by atoms with E-state index in [1.807, 2.05) is 0 Å². The lowest BCUT2D eigenvalue weighted by Crippen LogP contribution is -2.60. The van der Waals surface area contributed by atoms with E-state index in [0.717, 1.165) is 17.7 Å². The maximum Gasteiger partial charge on any atom is 0.406 e. The van der Waals surface area contributed by atoms with Crippen LogP contribution in [0.4, 0.5) is 18.9 Å². The maximum atomic E-state index is 12.8. The van der Waals surface area contributed by atoms with E-state index in [1.165, 1.54) is 0 Å². The molecule has 0 atom stereocenters. The predicted octanol–water partition coefficient (Wildman–Crippen LogP) is 3.39. The van der Waals surface area contributed by atoms with Gasteiger partial charge in [-0.3, -0.25) is 4.79 Å². The van der Waals surface area contributed by atoms with E-state index in [1.54, 1.807) is 24.3 Å². The number of amides is 1. The van der Waals surface area contributed by atoms with Gasteiger partial charge in [0.05, 0.1) is 5.56 Å². The van der Waals surface area contributed by atoms with Crippen LogP contribution >= 0.6 is 0 Å². The molecule has 1 fully saturated rings. The number of nitrogens with zero attached hydrogens (tertiary/aromatic N) is 1. The second-order valence-electron chi connectivity index (χ2n) is 5.42. The molecule has 6 heteroatoms. The minimum absolute atomic E-state index is 0.314. The van der Waals surface area contributed by atoms with Crippen molar-refractivity contribution in [3.05, 3.63) is 29.8 Å². The zero-order chi connectivity index (χ0) is 14.4. The molecule has 1 aliphatic heterocycles. The zero-order valence-corrected chi connectivity index (χ0v) is 10.8. The van der Waals surface area contributed by atoms with Crippen LogP contribution in [0.5, 0.6) is 0 Å². The van der Waals surface area contributed by atoms with E-state index >= 15 is 0 Å². The molecule has 1 spiro atoms. The van der Waals surface area contributed by atoms with Crippen LogP contribution in [0.2, 0.25) is 0 Å². The van der Waals surface area contributed by atoms with Gasteiger partial charge >= 0.3 is 6.18 Å². The van der Waals surface area contributed by atoms with Gasteiger partial charge in [0.2, 0.25) is 0 Å². The Morgan fingerprint density at radius 1 is 1.20 bits per heavy atom. The first-order valence-corrected chi connectivity index (χ1v) is 6.67. The molecular formula is C14H15F3N2O. The summed E-state index contributed by atoms with van der Waals surface area (Å²) in [5, 5.41) is 3.18. The lowest BCUT2D eigenvalue weighted by atomic mass is 9.97. The van der Waals surface area contributed by atoms with Gasteiger partial charge in [0.1, 0.15) is 12.2 Å². The van der Waals surface area contributed by atoms with Gasteiger partial charge in [0, 0.05) is 5.69 Å². The van der Waals surface area contributed by atoms with Gasteiger partial charge < -0.3 is 10.2 Å². The fourth-order valence-corrected chi connectivity index (χ4v) is 3.19. The Kier molecular flexibility index (Phi) is 2.92. The average Bonchev–Trinajstić information content (AvgIpc) is 2.83. The zero-order valence-electron chi connectivity index (χ0n) is 10.8. The van der Waals surface area contributed by atoms with Crippen molar-refractivity contribution in [2.45, 2.75) is 37.5 Å². The van der Waals surface area contributed by atoms with Crippen molar-refractivity contribution in [2.75, 3.05) is 11.9 Å². The number of carbonyl (C=O) groups is 1. The molecule has 0 saturated heterocycles. The molecule has 1 heterocycles. The quantitative estimate of drug-likeness (QED) is 0.857. The van der Waals surface area contributed by atoms with Crippen molar-refractivity contribution in [2.24, 2.45) is 0 Å². The summed E-state index contributed by atoms with van der Waals surface area (Å²) < 4.78 is 38.4. The van der Waals surface area contributed by atoms with E-state index in [9.17, 15) is 18.0 Å². The van der Waals surface area contributed by atoms with Crippen LogP contribution in [-0.2, 0) is 0 Å². The average molecular weight is 284 g/mol. The normalized spacial score (nSPS) is 20.9. The third-order valence-electron chi connectivity index (χ3n) is 4.05. The highest BCUT2D eigenvalue weighted by atomic mass is 19.4. The minimum Gasteiger partial charge on any atom is -0.362 e. The molecule has 1 aromatic rings. The number of benzene rings is 1. The van der Waals surface area contributed by atoms with E-state index < -0.39 is 24.3 Å². The number of halogens is 3. The van der Waals surface area contributed by atoms with Gasteiger partial charge in [0.25, 0.3) is 5.91 Å². The number of alkyl halides is 3. The van der Waals surface area contributed by atoms with Gasteiger partial charge in [-0.05, 0) is 37.8 Å². The van der Waals surface area contributed by atoms with Crippen LogP contribution in [0.3, 0.4) is 0 Å². The second-order valence-corrected chi connectivity index (χ2v) is 5.42. The fourth-order valence-electron chi connectivity index (χ4n) is 3.19. The molecule has 0 radical (unpaired) electrons. The number of anilines is 1. The van der Waals surface area contributed by atoms with Crippen molar-refractivity contribution >= 4 is 11.6 Å². The highest BCUT2D eigenvalue weighted by Gasteiger charge is 2.49. The molecule has 20 heavy (non-hydrogen) atoms. The number of para-hydroxylation sites is 1. The predicted molar refractivity (Wildman–Crippen MR) is 68.4 cm³/mol. The number of hydrogen-bond donors (Lipinski definition) is 1. The third-order valence-corrected chi connectivity index (χ3v) is 4.05. The number of hydrogen-bond acceptors (Lipinski definition) is 2. The number of nitrogens with one attached hydrogen (secondary N) is 1. The molecule has 3 nitrogen and oxygen atoms in total. The largest absolute Gasteiger partial charge is 0.406 e. The van der Waals surface area contributed by atoms with Crippen LogP contribution in [0.25, 0.3) is 0 Å².